The van der Waals surface area contributed by atoms with E-state index < -0.39 is 23.4 Å². The molecule has 238 valence electrons. The van der Waals surface area contributed by atoms with Crippen molar-refractivity contribution in [1.82, 2.24) is 30.2 Å². The van der Waals surface area contributed by atoms with Crippen molar-refractivity contribution >= 4 is 34.1 Å². The summed E-state index contributed by atoms with van der Waals surface area (Å²) in [6, 6.07) is 12.3. The van der Waals surface area contributed by atoms with Gasteiger partial charge in [-0.05, 0) is 89.8 Å². The number of fused-ring (bicyclic) bond motifs is 3. The van der Waals surface area contributed by atoms with Crippen LogP contribution >= 0.6 is 0 Å². The van der Waals surface area contributed by atoms with Gasteiger partial charge in [-0.15, -0.1) is 0 Å². The first-order valence-electron chi connectivity index (χ1n) is 15.3. The SMILES string of the molecule is CC(C)(C)OC(=O)NCCCn1cc(-c2ccc3oc4ccc(-c5cnn(CCCNC(=O)OC(C)(C)C)c5)cc4c3c2)cn1. The molecular weight excluding hydrogens is 572 g/mol. The summed E-state index contributed by atoms with van der Waals surface area (Å²) in [4.78, 5) is 23.7. The number of furan rings is 1. The lowest BCUT2D eigenvalue weighted by atomic mass is 10.0. The number of hydrogen-bond acceptors (Lipinski definition) is 7. The van der Waals surface area contributed by atoms with E-state index >= 15 is 0 Å². The summed E-state index contributed by atoms with van der Waals surface area (Å²) in [5, 5.41) is 16.7. The quantitative estimate of drug-likeness (QED) is 0.160. The highest BCUT2D eigenvalue weighted by Gasteiger charge is 2.17. The maximum Gasteiger partial charge on any atom is 0.407 e. The average molecular weight is 615 g/mol. The summed E-state index contributed by atoms with van der Waals surface area (Å²) in [6.45, 7) is 13.4. The smallest absolute Gasteiger partial charge is 0.407 e. The van der Waals surface area contributed by atoms with E-state index in [4.69, 9.17) is 13.9 Å². The van der Waals surface area contributed by atoms with Gasteiger partial charge in [-0.3, -0.25) is 9.36 Å². The standard InChI is InChI=1S/C34H42N6O5/c1-33(2,3)44-31(41)35-13-7-15-39-21-25(19-37-39)23-9-11-29-27(17-23)28-18-24(10-12-30(28)43-29)26-20-38-40(22-26)16-8-14-36-32(42)45-34(4,5)6/h9-12,17-22H,7-8,13-16H2,1-6H3,(H,35,41)(H,36,42). The first kappa shape index (κ1) is 31.6. The Morgan fingerprint density at radius 2 is 1.11 bits per heavy atom. The van der Waals surface area contributed by atoms with Crippen LogP contribution in [-0.2, 0) is 22.6 Å². The van der Waals surface area contributed by atoms with Gasteiger partial charge in [-0.1, -0.05) is 12.1 Å². The van der Waals surface area contributed by atoms with Crippen molar-refractivity contribution in [2.45, 2.75) is 78.7 Å². The molecule has 2 N–H and O–H groups in total. The summed E-state index contributed by atoms with van der Waals surface area (Å²) >= 11 is 0. The molecule has 0 atom stereocenters. The van der Waals surface area contributed by atoms with Gasteiger partial charge in [0.05, 0.1) is 12.4 Å². The molecule has 0 spiro atoms. The van der Waals surface area contributed by atoms with Crippen LogP contribution in [0.3, 0.4) is 0 Å². The van der Waals surface area contributed by atoms with Crippen LogP contribution in [0.1, 0.15) is 54.4 Å². The molecule has 0 fully saturated rings. The molecule has 0 unspecified atom stereocenters. The minimum Gasteiger partial charge on any atom is -0.456 e. The monoisotopic (exact) mass is 614 g/mol. The molecule has 0 aliphatic rings. The van der Waals surface area contributed by atoms with E-state index in [0.717, 1.165) is 57.0 Å². The molecule has 2 amide bonds. The highest BCUT2D eigenvalue weighted by Crippen LogP contribution is 2.35. The lowest BCUT2D eigenvalue weighted by Gasteiger charge is -2.19. The molecule has 11 nitrogen and oxygen atoms in total. The van der Waals surface area contributed by atoms with Gasteiger partial charge in [0.2, 0.25) is 0 Å². The van der Waals surface area contributed by atoms with E-state index in [1.807, 2.05) is 100.0 Å². The minimum absolute atomic E-state index is 0.411. The van der Waals surface area contributed by atoms with Crippen molar-refractivity contribution in [3.8, 4) is 22.3 Å². The van der Waals surface area contributed by atoms with Crippen molar-refractivity contribution in [2.24, 2.45) is 0 Å². The summed E-state index contributed by atoms with van der Waals surface area (Å²) in [6.07, 6.45) is 8.38. The number of ether oxygens (including phenoxy) is 2. The first-order valence-corrected chi connectivity index (χ1v) is 15.3. The number of benzene rings is 2. The third kappa shape index (κ3) is 8.65. The number of nitrogens with zero attached hydrogens (tertiary/aromatic N) is 4. The fraction of sp³-hybridized carbons (Fsp3) is 0.412. The number of alkyl carbamates (subject to hydrolysis) is 2. The summed E-state index contributed by atoms with van der Waals surface area (Å²) < 4.78 is 20.5. The number of aryl methyl sites for hydroxylation is 2. The molecule has 0 saturated heterocycles. The third-order valence-corrected chi connectivity index (χ3v) is 6.87. The lowest BCUT2D eigenvalue weighted by Crippen LogP contribution is -2.33. The zero-order chi connectivity index (χ0) is 32.2. The molecule has 0 aliphatic carbocycles. The van der Waals surface area contributed by atoms with Crippen LogP contribution in [0.15, 0.2) is 65.6 Å². The molecule has 45 heavy (non-hydrogen) atoms. The molecule has 3 aromatic heterocycles. The van der Waals surface area contributed by atoms with E-state index in [0.29, 0.717) is 26.2 Å². The molecule has 11 heteroatoms. The molecule has 5 rings (SSSR count). The Hall–Kier alpha value is -4.80. The fourth-order valence-corrected chi connectivity index (χ4v) is 4.90. The number of rotatable bonds is 10. The predicted molar refractivity (Wildman–Crippen MR) is 174 cm³/mol. The van der Waals surface area contributed by atoms with Crippen molar-refractivity contribution < 1.29 is 23.5 Å². The molecule has 0 bridgehead atoms. The third-order valence-electron chi connectivity index (χ3n) is 6.87. The Kier molecular flexibility index (Phi) is 9.17. The number of aromatic nitrogens is 4. The Morgan fingerprint density at radius 3 is 1.51 bits per heavy atom. The normalized spacial score (nSPS) is 12.0. The number of nitrogens with one attached hydrogen (secondary N) is 2. The topological polar surface area (TPSA) is 125 Å². The van der Waals surface area contributed by atoms with E-state index in [9.17, 15) is 9.59 Å². The van der Waals surface area contributed by atoms with Crippen molar-refractivity contribution in [1.29, 1.82) is 0 Å². The maximum atomic E-state index is 11.9. The van der Waals surface area contributed by atoms with Gasteiger partial charge in [0.15, 0.2) is 0 Å². The van der Waals surface area contributed by atoms with E-state index in [-0.39, 0.29) is 0 Å². The molecular formula is C34H42N6O5. The van der Waals surface area contributed by atoms with Gasteiger partial charge in [-0.25, -0.2) is 9.59 Å². The Morgan fingerprint density at radius 1 is 0.689 bits per heavy atom. The summed E-state index contributed by atoms with van der Waals surface area (Å²) in [5.74, 6) is 0. The van der Waals surface area contributed by atoms with E-state index in [1.165, 1.54) is 0 Å². The number of carbonyl (C=O) groups excluding carboxylic acids is 2. The Balaban J connectivity index is 1.21. The highest BCUT2D eigenvalue weighted by atomic mass is 16.6. The highest BCUT2D eigenvalue weighted by molar-refractivity contribution is 6.07. The van der Waals surface area contributed by atoms with Crippen LogP contribution < -0.4 is 10.6 Å². The molecule has 3 heterocycles. The number of hydrogen-bond donors (Lipinski definition) is 2. The van der Waals surface area contributed by atoms with Gasteiger partial charge >= 0.3 is 12.2 Å². The molecule has 2 aromatic carbocycles. The predicted octanol–water partition coefficient (Wildman–Crippen LogP) is 7.14. The molecule has 0 saturated carbocycles. The Bertz CT molecular complexity index is 1660. The zero-order valence-corrected chi connectivity index (χ0v) is 26.8. The van der Waals surface area contributed by atoms with Gasteiger partial charge < -0.3 is 24.5 Å². The van der Waals surface area contributed by atoms with E-state index in [1.54, 1.807) is 0 Å². The number of amides is 2. The van der Waals surface area contributed by atoms with Crippen molar-refractivity contribution in [3.05, 3.63) is 61.2 Å². The summed E-state index contributed by atoms with van der Waals surface area (Å²) in [5.41, 5.74) is 4.70. The van der Waals surface area contributed by atoms with Crippen LogP contribution in [0.5, 0.6) is 0 Å². The van der Waals surface area contributed by atoms with Gasteiger partial charge in [-0.2, -0.15) is 10.2 Å². The van der Waals surface area contributed by atoms with Crippen LogP contribution in [0, 0.1) is 0 Å². The van der Waals surface area contributed by atoms with Crippen LogP contribution in [0.2, 0.25) is 0 Å². The van der Waals surface area contributed by atoms with Crippen LogP contribution in [0.4, 0.5) is 9.59 Å². The van der Waals surface area contributed by atoms with Gasteiger partial charge in [0.1, 0.15) is 22.4 Å². The Labute approximate surface area is 262 Å². The van der Waals surface area contributed by atoms with E-state index in [2.05, 4.69) is 33.0 Å². The second-order valence-electron chi connectivity index (χ2n) is 13.1. The van der Waals surface area contributed by atoms with Crippen LogP contribution in [-0.4, -0.2) is 56.0 Å². The average Bonchev–Trinajstić information content (AvgIpc) is 3.70. The molecule has 0 aliphatic heterocycles. The van der Waals surface area contributed by atoms with Crippen LogP contribution in [0.25, 0.3) is 44.2 Å². The minimum atomic E-state index is -0.516. The number of carbonyl (C=O) groups is 2. The second-order valence-corrected chi connectivity index (χ2v) is 13.1. The fourth-order valence-electron chi connectivity index (χ4n) is 4.90. The summed E-state index contributed by atoms with van der Waals surface area (Å²) in [7, 11) is 0. The van der Waals surface area contributed by atoms with Gasteiger partial charge in [0, 0.05) is 60.5 Å². The zero-order valence-electron chi connectivity index (χ0n) is 26.8. The van der Waals surface area contributed by atoms with Crippen molar-refractivity contribution in [2.75, 3.05) is 13.1 Å². The first-order chi connectivity index (χ1) is 21.3. The lowest BCUT2D eigenvalue weighted by molar-refractivity contribution is 0.0515. The van der Waals surface area contributed by atoms with Crippen molar-refractivity contribution in [3.63, 3.8) is 0 Å². The molecule has 5 aromatic rings. The molecule has 0 radical (unpaired) electrons. The largest absolute Gasteiger partial charge is 0.456 e. The van der Waals surface area contributed by atoms with Gasteiger partial charge in [0.25, 0.3) is 0 Å². The second kappa shape index (κ2) is 13.1. The maximum absolute atomic E-state index is 11.9.